The maximum atomic E-state index is 11.5. The lowest BCUT2D eigenvalue weighted by molar-refractivity contribution is -0.116. The zero-order chi connectivity index (χ0) is 12.8. The summed E-state index contributed by atoms with van der Waals surface area (Å²) in [6.45, 7) is 5.58. The number of benzene rings is 1. The molecule has 1 amide bonds. The van der Waals surface area contributed by atoms with E-state index in [9.17, 15) is 9.59 Å². The minimum atomic E-state index is -0.0612. The van der Waals surface area contributed by atoms with Gasteiger partial charge in [-0.05, 0) is 27.6 Å². The van der Waals surface area contributed by atoms with Crippen molar-refractivity contribution in [2.45, 2.75) is 13.3 Å². The summed E-state index contributed by atoms with van der Waals surface area (Å²) in [5.41, 5.74) is 1.63. The minimum absolute atomic E-state index is 0.0612. The second-order valence-corrected chi connectivity index (χ2v) is 4.33. The Morgan fingerprint density at radius 1 is 1.53 bits per heavy atom. The van der Waals surface area contributed by atoms with E-state index in [0.29, 0.717) is 13.0 Å². The van der Waals surface area contributed by atoms with Gasteiger partial charge in [0, 0.05) is 24.4 Å². The number of aldehydes is 1. The molecule has 90 valence electrons. The number of carbonyl (C=O) groups excluding carboxylic acids is 2. The summed E-state index contributed by atoms with van der Waals surface area (Å²) >= 11 is 3.43. The number of carbonyl (C=O) groups is 2. The first-order chi connectivity index (χ1) is 8.11. The van der Waals surface area contributed by atoms with Gasteiger partial charge >= 0.3 is 0 Å². The van der Waals surface area contributed by atoms with Gasteiger partial charge in [-0.1, -0.05) is 18.2 Å². The first-order valence-electron chi connectivity index (χ1n) is 5.21. The van der Waals surface area contributed by atoms with E-state index in [4.69, 9.17) is 0 Å². The first-order valence-corrected chi connectivity index (χ1v) is 6.01. The highest BCUT2D eigenvalue weighted by Gasteiger charge is 2.14. The van der Waals surface area contributed by atoms with Gasteiger partial charge in [0.25, 0.3) is 0 Å². The Balaban J connectivity index is 3.18. The molecule has 0 fully saturated rings. The van der Waals surface area contributed by atoms with E-state index in [1.54, 1.807) is 11.0 Å². The molecule has 4 heteroatoms. The smallest absolute Gasteiger partial charge is 0.224 e. The number of nitrogens with zero attached hydrogens (tertiary/aromatic N) is 1. The lowest BCUT2D eigenvalue weighted by atomic mass is 10.1. The highest BCUT2D eigenvalue weighted by molar-refractivity contribution is 9.10. The van der Waals surface area contributed by atoms with Crippen molar-refractivity contribution < 1.29 is 9.59 Å². The van der Waals surface area contributed by atoms with Crippen LogP contribution in [0.5, 0.6) is 0 Å². The van der Waals surface area contributed by atoms with Crippen LogP contribution < -0.4 is 4.90 Å². The van der Waals surface area contributed by atoms with Crippen molar-refractivity contribution in [3.8, 4) is 0 Å². The zero-order valence-corrected chi connectivity index (χ0v) is 11.2. The minimum Gasteiger partial charge on any atom is -0.308 e. The molecule has 0 spiro atoms. The van der Waals surface area contributed by atoms with Crippen molar-refractivity contribution in [2.24, 2.45) is 0 Å². The predicted molar refractivity (Wildman–Crippen MR) is 72.1 cm³/mol. The normalized spacial score (nSPS) is 9.76. The van der Waals surface area contributed by atoms with E-state index < -0.39 is 0 Å². The lowest BCUT2D eigenvalue weighted by Crippen LogP contribution is -2.28. The largest absolute Gasteiger partial charge is 0.308 e. The molecule has 0 bridgehead atoms. The molecule has 1 aromatic carbocycles. The van der Waals surface area contributed by atoms with Crippen molar-refractivity contribution in [1.82, 2.24) is 0 Å². The fraction of sp³-hybridized carbons (Fsp3) is 0.231. The average molecular weight is 296 g/mol. The number of amides is 1. The van der Waals surface area contributed by atoms with Gasteiger partial charge in [-0.3, -0.25) is 4.79 Å². The van der Waals surface area contributed by atoms with Crippen LogP contribution in [0.4, 0.5) is 5.69 Å². The number of halogens is 1. The standard InChI is InChI=1S/C13H14BrNO2/c1-3-8-15(10(2)17)12-6-4-5-11(7-9-16)13(12)14/h3-6,9H,1,7-8H2,2H3. The van der Waals surface area contributed by atoms with Gasteiger partial charge in [-0.15, -0.1) is 6.58 Å². The summed E-state index contributed by atoms with van der Waals surface area (Å²) in [6, 6.07) is 5.52. The van der Waals surface area contributed by atoms with Gasteiger partial charge in [-0.2, -0.15) is 0 Å². The Hall–Kier alpha value is -1.42. The Morgan fingerprint density at radius 3 is 2.76 bits per heavy atom. The van der Waals surface area contributed by atoms with Gasteiger partial charge in [0.15, 0.2) is 0 Å². The second kappa shape index (κ2) is 6.35. The Labute approximate surface area is 109 Å². The van der Waals surface area contributed by atoms with Crippen LogP contribution in [-0.2, 0) is 16.0 Å². The van der Waals surface area contributed by atoms with Gasteiger partial charge in [0.2, 0.25) is 5.91 Å². The van der Waals surface area contributed by atoms with Crippen LogP contribution in [0, 0.1) is 0 Å². The molecule has 0 aliphatic heterocycles. The molecule has 0 saturated carbocycles. The van der Waals surface area contributed by atoms with Crippen molar-refractivity contribution in [2.75, 3.05) is 11.4 Å². The molecule has 0 radical (unpaired) electrons. The maximum absolute atomic E-state index is 11.5. The van der Waals surface area contributed by atoms with Crippen LogP contribution in [-0.4, -0.2) is 18.7 Å². The summed E-state index contributed by atoms with van der Waals surface area (Å²) in [5.74, 6) is -0.0612. The molecule has 0 heterocycles. The molecule has 3 nitrogen and oxygen atoms in total. The van der Waals surface area contributed by atoms with Crippen LogP contribution in [0.1, 0.15) is 12.5 Å². The fourth-order valence-electron chi connectivity index (χ4n) is 1.55. The molecule has 0 unspecified atom stereocenters. The molecule has 0 aliphatic rings. The summed E-state index contributed by atoms with van der Waals surface area (Å²) < 4.78 is 0.782. The van der Waals surface area contributed by atoms with Crippen molar-refractivity contribution >= 4 is 33.8 Å². The number of hydrogen-bond donors (Lipinski definition) is 0. The molecule has 1 rings (SSSR count). The third-order valence-corrected chi connectivity index (χ3v) is 3.26. The van der Waals surface area contributed by atoms with Gasteiger partial charge in [-0.25, -0.2) is 0 Å². The lowest BCUT2D eigenvalue weighted by Gasteiger charge is -2.21. The van der Waals surface area contributed by atoms with Crippen molar-refractivity contribution in [3.63, 3.8) is 0 Å². The predicted octanol–water partition coefficient (Wildman–Crippen LogP) is 2.73. The van der Waals surface area contributed by atoms with Crippen LogP contribution >= 0.6 is 15.9 Å². The van der Waals surface area contributed by atoms with E-state index in [1.807, 2.05) is 18.2 Å². The molecular formula is C13H14BrNO2. The first kappa shape index (κ1) is 13.6. The Kier molecular flexibility index (Phi) is 5.10. The van der Waals surface area contributed by atoms with E-state index in [-0.39, 0.29) is 5.91 Å². The van der Waals surface area contributed by atoms with E-state index in [1.165, 1.54) is 6.92 Å². The fourth-order valence-corrected chi connectivity index (χ4v) is 2.19. The molecule has 0 aliphatic carbocycles. The van der Waals surface area contributed by atoms with E-state index in [0.717, 1.165) is 22.0 Å². The van der Waals surface area contributed by atoms with Gasteiger partial charge < -0.3 is 9.69 Å². The van der Waals surface area contributed by atoms with Gasteiger partial charge in [0.1, 0.15) is 6.29 Å². The molecule has 0 aromatic heterocycles. The van der Waals surface area contributed by atoms with Crippen LogP contribution in [0.15, 0.2) is 35.3 Å². The highest BCUT2D eigenvalue weighted by atomic mass is 79.9. The SMILES string of the molecule is C=CCN(C(C)=O)c1cccc(CC=O)c1Br. The number of anilines is 1. The molecule has 0 N–H and O–H groups in total. The highest BCUT2D eigenvalue weighted by Crippen LogP contribution is 2.30. The number of hydrogen-bond acceptors (Lipinski definition) is 2. The molecule has 1 aromatic rings. The third kappa shape index (κ3) is 3.27. The molecular weight excluding hydrogens is 282 g/mol. The summed E-state index contributed by atoms with van der Waals surface area (Å²) in [7, 11) is 0. The third-order valence-electron chi connectivity index (χ3n) is 2.34. The van der Waals surface area contributed by atoms with E-state index in [2.05, 4.69) is 22.5 Å². The number of rotatable bonds is 5. The van der Waals surface area contributed by atoms with E-state index >= 15 is 0 Å². The average Bonchev–Trinajstić information content (AvgIpc) is 2.29. The molecule has 17 heavy (non-hydrogen) atoms. The summed E-state index contributed by atoms with van der Waals surface area (Å²) in [6.07, 6.45) is 2.84. The summed E-state index contributed by atoms with van der Waals surface area (Å²) in [4.78, 5) is 23.7. The van der Waals surface area contributed by atoms with Crippen molar-refractivity contribution in [1.29, 1.82) is 0 Å². The second-order valence-electron chi connectivity index (χ2n) is 3.54. The van der Waals surface area contributed by atoms with Crippen LogP contribution in [0.3, 0.4) is 0 Å². The Bertz CT molecular complexity index is 443. The van der Waals surface area contributed by atoms with Crippen LogP contribution in [0.2, 0.25) is 0 Å². The topological polar surface area (TPSA) is 37.4 Å². The monoisotopic (exact) mass is 295 g/mol. The Morgan fingerprint density at radius 2 is 2.24 bits per heavy atom. The quantitative estimate of drug-likeness (QED) is 0.619. The molecule has 0 atom stereocenters. The molecule has 0 saturated heterocycles. The van der Waals surface area contributed by atoms with Crippen molar-refractivity contribution in [3.05, 3.63) is 40.9 Å². The maximum Gasteiger partial charge on any atom is 0.224 e. The van der Waals surface area contributed by atoms with Gasteiger partial charge in [0.05, 0.1) is 5.69 Å². The van der Waals surface area contributed by atoms with Crippen LogP contribution in [0.25, 0.3) is 0 Å². The summed E-state index contributed by atoms with van der Waals surface area (Å²) in [5, 5.41) is 0. The zero-order valence-electron chi connectivity index (χ0n) is 9.65.